The molecule has 2 aromatic carbocycles. The van der Waals surface area contributed by atoms with Crippen molar-refractivity contribution < 1.29 is 12.8 Å². The van der Waals surface area contributed by atoms with E-state index in [4.69, 9.17) is 5.73 Å². The fourth-order valence-electron chi connectivity index (χ4n) is 2.62. The van der Waals surface area contributed by atoms with E-state index in [0.29, 0.717) is 23.4 Å². The molecule has 0 atom stereocenters. The molecule has 0 spiro atoms. The van der Waals surface area contributed by atoms with E-state index in [1.54, 1.807) is 25.1 Å². The highest BCUT2D eigenvalue weighted by atomic mass is 32.2. The fraction of sp³-hybridized carbons (Fsp3) is 0.200. The number of anilines is 2. The standard InChI is InChI=1S/C15H15FN2O2S/c1-10-5-6-12(16)14(9-10)21(19,20)18-8-7-11-3-2-4-13(17)15(11)18/h2-6,9H,7-8,17H2,1H3. The highest BCUT2D eigenvalue weighted by Crippen LogP contribution is 2.37. The van der Waals surface area contributed by atoms with Crippen LogP contribution >= 0.6 is 0 Å². The van der Waals surface area contributed by atoms with E-state index in [9.17, 15) is 12.8 Å². The van der Waals surface area contributed by atoms with E-state index in [0.717, 1.165) is 5.56 Å². The summed E-state index contributed by atoms with van der Waals surface area (Å²) in [5.74, 6) is -0.747. The molecule has 0 saturated carbocycles. The maximum Gasteiger partial charge on any atom is 0.267 e. The van der Waals surface area contributed by atoms with Crippen LogP contribution in [0.1, 0.15) is 11.1 Å². The van der Waals surface area contributed by atoms with Gasteiger partial charge in [-0.25, -0.2) is 12.8 Å². The van der Waals surface area contributed by atoms with Crippen molar-refractivity contribution >= 4 is 21.4 Å². The van der Waals surface area contributed by atoms with Crippen molar-refractivity contribution in [3.8, 4) is 0 Å². The molecule has 0 radical (unpaired) electrons. The summed E-state index contributed by atoms with van der Waals surface area (Å²) in [5.41, 5.74) is 8.32. The smallest absolute Gasteiger partial charge is 0.267 e. The number of nitrogens with two attached hydrogens (primary N) is 1. The van der Waals surface area contributed by atoms with Gasteiger partial charge in [0, 0.05) is 6.54 Å². The topological polar surface area (TPSA) is 63.4 Å². The van der Waals surface area contributed by atoms with Crippen LogP contribution in [-0.2, 0) is 16.4 Å². The number of benzene rings is 2. The third-order valence-corrected chi connectivity index (χ3v) is 5.45. The first-order chi connectivity index (χ1) is 9.91. The molecule has 4 nitrogen and oxygen atoms in total. The lowest BCUT2D eigenvalue weighted by Gasteiger charge is -2.21. The lowest BCUT2D eigenvalue weighted by atomic mass is 10.1. The first-order valence-corrected chi connectivity index (χ1v) is 8.01. The van der Waals surface area contributed by atoms with Crippen LogP contribution < -0.4 is 10.0 Å². The van der Waals surface area contributed by atoms with Gasteiger partial charge < -0.3 is 5.73 Å². The summed E-state index contributed by atoms with van der Waals surface area (Å²) in [5, 5.41) is 0. The third-order valence-electron chi connectivity index (χ3n) is 3.64. The third kappa shape index (κ3) is 2.15. The normalized spacial score (nSPS) is 14.3. The molecular formula is C15H15FN2O2S. The van der Waals surface area contributed by atoms with Gasteiger partial charge in [0.05, 0.1) is 11.4 Å². The predicted octanol–water partition coefficient (Wildman–Crippen LogP) is 2.47. The quantitative estimate of drug-likeness (QED) is 0.867. The predicted molar refractivity (Wildman–Crippen MR) is 80.2 cm³/mol. The molecule has 2 aromatic rings. The van der Waals surface area contributed by atoms with Crippen LogP contribution in [0.15, 0.2) is 41.3 Å². The van der Waals surface area contributed by atoms with Crippen LogP contribution in [0.2, 0.25) is 0 Å². The lowest BCUT2D eigenvalue weighted by molar-refractivity contribution is 0.564. The molecule has 2 N–H and O–H groups in total. The molecule has 0 unspecified atom stereocenters. The number of hydrogen-bond acceptors (Lipinski definition) is 3. The highest BCUT2D eigenvalue weighted by molar-refractivity contribution is 7.92. The Labute approximate surface area is 123 Å². The van der Waals surface area contributed by atoms with Crippen LogP contribution in [-0.4, -0.2) is 15.0 Å². The fourth-order valence-corrected chi connectivity index (χ4v) is 4.30. The molecule has 1 aliphatic rings. The Morgan fingerprint density at radius 1 is 1.24 bits per heavy atom. The molecule has 1 heterocycles. The molecule has 0 saturated heterocycles. The summed E-state index contributed by atoms with van der Waals surface area (Å²) in [6, 6.07) is 9.35. The van der Waals surface area contributed by atoms with Crippen molar-refractivity contribution in [1.29, 1.82) is 0 Å². The van der Waals surface area contributed by atoms with Gasteiger partial charge in [-0.2, -0.15) is 0 Å². The van der Waals surface area contributed by atoms with Crippen molar-refractivity contribution in [3.05, 3.63) is 53.3 Å². The average molecular weight is 306 g/mol. The summed E-state index contributed by atoms with van der Waals surface area (Å²) in [4.78, 5) is -0.307. The van der Waals surface area contributed by atoms with Gasteiger partial charge in [0.25, 0.3) is 10.0 Å². The average Bonchev–Trinajstić information content (AvgIpc) is 2.87. The first kappa shape index (κ1) is 13.9. The lowest BCUT2D eigenvalue weighted by Crippen LogP contribution is -2.30. The first-order valence-electron chi connectivity index (χ1n) is 6.57. The zero-order chi connectivity index (χ0) is 15.2. The van der Waals surface area contributed by atoms with Gasteiger partial charge in [0.15, 0.2) is 0 Å². The van der Waals surface area contributed by atoms with Crippen LogP contribution in [0.5, 0.6) is 0 Å². The van der Waals surface area contributed by atoms with E-state index < -0.39 is 15.8 Å². The number of fused-ring (bicyclic) bond motifs is 1. The molecule has 0 fully saturated rings. The minimum atomic E-state index is -3.95. The second-order valence-electron chi connectivity index (χ2n) is 5.12. The Kier molecular flexibility index (Phi) is 3.13. The summed E-state index contributed by atoms with van der Waals surface area (Å²) < 4.78 is 40.7. The Hall–Kier alpha value is -2.08. The van der Waals surface area contributed by atoms with Crippen LogP contribution in [0.4, 0.5) is 15.8 Å². The number of nitrogen functional groups attached to an aromatic ring is 1. The van der Waals surface area contributed by atoms with Gasteiger partial charge in [-0.3, -0.25) is 4.31 Å². The second kappa shape index (κ2) is 4.73. The number of rotatable bonds is 2. The molecule has 0 aromatic heterocycles. The van der Waals surface area contributed by atoms with Crippen LogP contribution in [0.25, 0.3) is 0 Å². The molecule has 3 rings (SSSR count). The second-order valence-corrected chi connectivity index (χ2v) is 6.95. The Balaban J connectivity index is 2.16. The molecule has 0 amide bonds. The molecule has 0 aliphatic carbocycles. The van der Waals surface area contributed by atoms with Crippen LogP contribution in [0, 0.1) is 12.7 Å². The summed E-state index contributed by atoms with van der Waals surface area (Å²) in [7, 11) is -3.95. The van der Waals surface area contributed by atoms with E-state index in [-0.39, 0.29) is 11.4 Å². The number of para-hydroxylation sites is 1. The number of hydrogen-bond donors (Lipinski definition) is 1. The van der Waals surface area contributed by atoms with Crippen molar-refractivity contribution in [2.45, 2.75) is 18.2 Å². The Bertz CT molecular complexity index is 818. The van der Waals surface area contributed by atoms with Crippen molar-refractivity contribution in [1.82, 2.24) is 0 Å². The van der Waals surface area contributed by atoms with Gasteiger partial charge in [0.2, 0.25) is 0 Å². The zero-order valence-corrected chi connectivity index (χ0v) is 12.3. The molecule has 21 heavy (non-hydrogen) atoms. The monoisotopic (exact) mass is 306 g/mol. The molecule has 6 heteroatoms. The van der Waals surface area contributed by atoms with Gasteiger partial charge in [-0.1, -0.05) is 18.2 Å². The largest absolute Gasteiger partial charge is 0.397 e. The van der Waals surface area contributed by atoms with Crippen molar-refractivity contribution in [2.75, 3.05) is 16.6 Å². The van der Waals surface area contributed by atoms with Gasteiger partial charge in [-0.15, -0.1) is 0 Å². The van der Waals surface area contributed by atoms with E-state index in [1.807, 2.05) is 6.07 Å². The SMILES string of the molecule is Cc1ccc(F)c(S(=O)(=O)N2CCc3cccc(N)c32)c1. The van der Waals surface area contributed by atoms with E-state index in [1.165, 1.54) is 16.4 Å². The molecular weight excluding hydrogens is 291 g/mol. The molecule has 110 valence electrons. The number of aryl methyl sites for hydroxylation is 1. The van der Waals surface area contributed by atoms with E-state index >= 15 is 0 Å². The minimum absolute atomic E-state index is 0.277. The Morgan fingerprint density at radius 3 is 2.76 bits per heavy atom. The number of nitrogens with zero attached hydrogens (tertiary/aromatic N) is 1. The molecule has 0 bridgehead atoms. The highest BCUT2D eigenvalue weighted by Gasteiger charge is 2.34. The maximum atomic E-state index is 14.0. The van der Waals surface area contributed by atoms with Crippen molar-refractivity contribution in [3.63, 3.8) is 0 Å². The zero-order valence-electron chi connectivity index (χ0n) is 11.5. The van der Waals surface area contributed by atoms with Gasteiger partial charge in [-0.05, 0) is 42.7 Å². The number of sulfonamides is 1. The Morgan fingerprint density at radius 2 is 2.00 bits per heavy atom. The maximum absolute atomic E-state index is 14.0. The van der Waals surface area contributed by atoms with Gasteiger partial charge in [0.1, 0.15) is 10.7 Å². The summed E-state index contributed by atoms with van der Waals surface area (Å²) in [6.45, 7) is 2.00. The minimum Gasteiger partial charge on any atom is -0.397 e. The van der Waals surface area contributed by atoms with Crippen molar-refractivity contribution in [2.24, 2.45) is 0 Å². The summed E-state index contributed by atoms with van der Waals surface area (Å²) >= 11 is 0. The van der Waals surface area contributed by atoms with E-state index in [2.05, 4.69) is 0 Å². The van der Waals surface area contributed by atoms with Gasteiger partial charge >= 0.3 is 0 Å². The summed E-state index contributed by atoms with van der Waals surface area (Å²) in [6.07, 6.45) is 0.576. The van der Waals surface area contributed by atoms with Crippen LogP contribution in [0.3, 0.4) is 0 Å². The molecule has 1 aliphatic heterocycles. The number of halogens is 1.